The van der Waals surface area contributed by atoms with Crippen molar-refractivity contribution >= 4 is 5.91 Å². The number of H-pyrrole nitrogens is 1. The Morgan fingerprint density at radius 3 is 2.87 bits per heavy atom. The van der Waals surface area contributed by atoms with Crippen molar-refractivity contribution in [3.05, 3.63) is 23.1 Å². The summed E-state index contributed by atoms with van der Waals surface area (Å²) in [6.45, 7) is 5.62. The first-order valence-corrected chi connectivity index (χ1v) is 7.70. The SMILES string of the molecule is Cc1nn(C)c(C)c1-c1cc(C(=O)NCC2CNCC2O)[nH]n1. The van der Waals surface area contributed by atoms with Crippen LogP contribution in [0.15, 0.2) is 6.07 Å². The zero-order valence-corrected chi connectivity index (χ0v) is 13.6. The van der Waals surface area contributed by atoms with E-state index in [0.717, 1.165) is 17.0 Å². The van der Waals surface area contributed by atoms with Gasteiger partial charge < -0.3 is 15.7 Å². The summed E-state index contributed by atoms with van der Waals surface area (Å²) in [5.74, 6) is -0.175. The predicted octanol–water partition coefficient (Wildman–Crippen LogP) is -0.263. The van der Waals surface area contributed by atoms with Crippen molar-refractivity contribution in [3.8, 4) is 11.3 Å². The van der Waals surface area contributed by atoms with Gasteiger partial charge in [0.05, 0.1) is 17.5 Å². The van der Waals surface area contributed by atoms with Crippen LogP contribution in [0.4, 0.5) is 0 Å². The quantitative estimate of drug-likeness (QED) is 0.621. The van der Waals surface area contributed by atoms with Crippen LogP contribution in [0.25, 0.3) is 11.3 Å². The van der Waals surface area contributed by atoms with Crippen LogP contribution in [0.1, 0.15) is 21.9 Å². The number of rotatable bonds is 4. The molecule has 2 unspecified atom stereocenters. The second-order valence-corrected chi connectivity index (χ2v) is 6.03. The molecule has 23 heavy (non-hydrogen) atoms. The lowest BCUT2D eigenvalue weighted by Gasteiger charge is -2.13. The van der Waals surface area contributed by atoms with Gasteiger partial charge in [0.1, 0.15) is 5.69 Å². The molecule has 0 saturated carbocycles. The summed E-state index contributed by atoms with van der Waals surface area (Å²) in [5, 5.41) is 27.1. The second kappa shape index (κ2) is 6.13. The molecule has 2 atom stereocenters. The average Bonchev–Trinajstić information content (AvgIpc) is 3.19. The minimum atomic E-state index is -0.409. The van der Waals surface area contributed by atoms with Gasteiger partial charge in [-0.15, -0.1) is 0 Å². The van der Waals surface area contributed by atoms with E-state index >= 15 is 0 Å². The van der Waals surface area contributed by atoms with Gasteiger partial charge in [-0.1, -0.05) is 0 Å². The van der Waals surface area contributed by atoms with Crippen molar-refractivity contribution in [1.29, 1.82) is 0 Å². The molecular formula is C15H22N6O2. The lowest BCUT2D eigenvalue weighted by Crippen LogP contribution is -2.34. The standard InChI is InChI=1S/C15H22N6O2/c1-8-14(9(2)21(3)20-8)11-4-12(19-18-11)15(23)17-6-10-5-16-7-13(10)22/h4,10,13,16,22H,5-7H2,1-3H3,(H,17,23)(H,18,19). The highest BCUT2D eigenvalue weighted by Gasteiger charge is 2.25. The number of β-amino-alcohol motifs (C(OH)–C–C–N with tert-alkyl or cyclic N) is 1. The van der Waals surface area contributed by atoms with Gasteiger partial charge in [0, 0.05) is 43.9 Å². The number of carbonyl (C=O) groups excluding carboxylic acids is 1. The highest BCUT2D eigenvalue weighted by atomic mass is 16.3. The van der Waals surface area contributed by atoms with E-state index in [1.54, 1.807) is 10.7 Å². The molecule has 1 saturated heterocycles. The van der Waals surface area contributed by atoms with Crippen molar-refractivity contribution in [2.75, 3.05) is 19.6 Å². The third-order valence-electron chi connectivity index (χ3n) is 4.42. The largest absolute Gasteiger partial charge is 0.391 e. The average molecular weight is 318 g/mol. The zero-order chi connectivity index (χ0) is 16.6. The molecule has 1 aliphatic heterocycles. The summed E-state index contributed by atoms with van der Waals surface area (Å²) in [6.07, 6.45) is -0.409. The summed E-state index contributed by atoms with van der Waals surface area (Å²) in [6, 6.07) is 1.73. The fourth-order valence-corrected chi connectivity index (χ4v) is 2.96. The van der Waals surface area contributed by atoms with Crippen LogP contribution in [-0.2, 0) is 7.05 Å². The normalized spacial score (nSPS) is 20.9. The molecule has 2 aromatic heterocycles. The first kappa shape index (κ1) is 15.7. The second-order valence-electron chi connectivity index (χ2n) is 6.03. The van der Waals surface area contributed by atoms with Crippen molar-refractivity contribution in [1.82, 2.24) is 30.6 Å². The number of hydrogen-bond donors (Lipinski definition) is 4. The summed E-state index contributed by atoms with van der Waals surface area (Å²) in [7, 11) is 1.88. The van der Waals surface area contributed by atoms with Crippen LogP contribution in [0, 0.1) is 19.8 Å². The van der Waals surface area contributed by atoms with Gasteiger partial charge in [-0.25, -0.2) is 0 Å². The molecule has 1 amide bonds. The molecule has 124 valence electrons. The maximum Gasteiger partial charge on any atom is 0.269 e. The van der Waals surface area contributed by atoms with Crippen molar-refractivity contribution in [2.45, 2.75) is 20.0 Å². The number of aliphatic hydroxyl groups excluding tert-OH is 1. The van der Waals surface area contributed by atoms with Crippen LogP contribution in [-0.4, -0.2) is 56.7 Å². The number of nitrogens with zero attached hydrogens (tertiary/aromatic N) is 3. The molecule has 0 bridgehead atoms. The maximum absolute atomic E-state index is 12.2. The minimum Gasteiger partial charge on any atom is -0.391 e. The molecule has 0 aliphatic carbocycles. The number of nitrogens with one attached hydrogen (secondary N) is 3. The topological polar surface area (TPSA) is 108 Å². The highest BCUT2D eigenvalue weighted by molar-refractivity contribution is 5.93. The maximum atomic E-state index is 12.2. The third-order valence-corrected chi connectivity index (χ3v) is 4.42. The third kappa shape index (κ3) is 2.99. The van der Waals surface area contributed by atoms with Crippen LogP contribution in [0.5, 0.6) is 0 Å². The minimum absolute atomic E-state index is 0.0455. The fourth-order valence-electron chi connectivity index (χ4n) is 2.96. The van der Waals surface area contributed by atoms with Crippen LogP contribution >= 0.6 is 0 Å². The van der Waals surface area contributed by atoms with Crippen molar-refractivity contribution in [3.63, 3.8) is 0 Å². The number of aromatic amines is 1. The van der Waals surface area contributed by atoms with E-state index in [0.29, 0.717) is 31.0 Å². The number of hydrogen-bond acceptors (Lipinski definition) is 5. The molecule has 3 rings (SSSR count). The molecule has 0 spiro atoms. The van der Waals surface area contributed by atoms with Crippen LogP contribution < -0.4 is 10.6 Å². The van der Waals surface area contributed by atoms with E-state index in [2.05, 4.69) is 25.9 Å². The smallest absolute Gasteiger partial charge is 0.269 e. The molecule has 2 aromatic rings. The Morgan fingerprint density at radius 2 is 2.26 bits per heavy atom. The Morgan fingerprint density at radius 1 is 1.48 bits per heavy atom. The monoisotopic (exact) mass is 318 g/mol. The van der Waals surface area contributed by atoms with Crippen LogP contribution in [0.3, 0.4) is 0 Å². The molecule has 0 radical (unpaired) electrons. The lowest BCUT2D eigenvalue weighted by atomic mass is 10.1. The Kier molecular flexibility index (Phi) is 4.18. The van der Waals surface area contributed by atoms with E-state index in [9.17, 15) is 9.90 Å². The van der Waals surface area contributed by atoms with Crippen LogP contribution in [0.2, 0.25) is 0 Å². The van der Waals surface area contributed by atoms with E-state index in [1.165, 1.54) is 0 Å². The molecule has 8 nitrogen and oxygen atoms in total. The van der Waals surface area contributed by atoms with Gasteiger partial charge in [-0.05, 0) is 19.9 Å². The van der Waals surface area contributed by atoms with E-state index in [4.69, 9.17) is 0 Å². The highest BCUT2D eigenvalue weighted by Crippen LogP contribution is 2.25. The number of aryl methyl sites for hydroxylation is 2. The lowest BCUT2D eigenvalue weighted by molar-refractivity contribution is 0.0922. The first-order valence-electron chi connectivity index (χ1n) is 7.70. The number of aromatic nitrogens is 4. The van der Waals surface area contributed by atoms with Gasteiger partial charge in [0.15, 0.2) is 0 Å². The zero-order valence-electron chi connectivity index (χ0n) is 13.6. The van der Waals surface area contributed by atoms with E-state index in [1.807, 2.05) is 20.9 Å². The Bertz CT molecular complexity index is 720. The van der Waals surface area contributed by atoms with E-state index < -0.39 is 6.10 Å². The summed E-state index contributed by atoms with van der Waals surface area (Å²) >= 11 is 0. The summed E-state index contributed by atoms with van der Waals surface area (Å²) in [4.78, 5) is 12.2. The van der Waals surface area contributed by atoms with E-state index in [-0.39, 0.29) is 11.8 Å². The first-order chi connectivity index (χ1) is 11.0. The number of aliphatic hydroxyl groups is 1. The predicted molar refractivity (Wildman–Crippen MR) is 85.0 cm³/mol. The molecule has 1 aliphatic rings. The van der Waals surface area contributed by atoms with Crippen molar-refractivity contribution in [2.24, 2.45) is 13.0 Å². The van der Waals surface area contributed by atoms with Gasteiger partial charge in [-0.3, -0.25) is 14.6 Å². The Hall–Kier alpha value is -2.19. The molecule has 4 N–H and O–H groups in total. The number of amides is 1. The van der Waals surface area contributed by atoms with Gasteiger partial charge >= 0.3 is 0 Å². The molecule has 8 heteroatoms. The Balaban J connectivity index is 1.70. The fraction of sp³-hybridized carbons (Fsp3) is 0.533. The number of carbonyl (C=O) groups is 1. The Labute approximate surface area is 134 Å². The summed E-state index contributed by atoms with van der Waals surface area (Å²) in [5.41, 5.74) is 3.94. The van der Waals surface area contributed by atoms with Gasteiger partial charge in [0.2, 0.25) is 0 Å². The molecule has 3 heterocycles. The summed E-state index contributed by atoms with van der Waals surface area (Å²) < 4.78 is 1.80. The van der Waals surface area contributed by atoms with Gasteiger partial charge in [-0.2, -0.15) is 10.2 Å². The van der Waals surface area contributed by atoms with Crippen molar-refractivity contribution < 1.29 is 9.90 Å². The molecule has 0 aromatic carbocycles. The van der Waals surface area contributed by atoms with Gasteiger partial charge in [0.25, 0.3) is 5.91 Å². The molecule has 1 fully saturated rings. The molecular weight excluding hydrogens is 296 g/mol.